The van der Waals surface area contributed by atoms with Crippen LogP contribution in [0.15, 0.2) is 16.8 Å². The summed E-state index contributed by atoms with van der Waals surface area (Å²) < 4.78 is 0. The maximum absolute atomic E-state index is 2.12. The van der Waals surface area contributed by atoms with Crippen LogP contribution in [0.1, 0.15) is 26.8 Å². The predicted molar refractivity (Wildman–Crippen MR) is 47.1 cm³/mol. The Morgan fingerprint density at radius 3 is 2.00 bits per heavy atom. The Bertz CT molecular complexity index is 108. The van der Waals surface area contributed by atoms with E-state index in [4.69, 9.17) is 0 Å². The Hall–Kier alpha value is -0.300. The SMILES string of the molecule is C.CC.Cc1ccsc1. The average molecular weight is 144 g/mol. The zero-order valence-corrected chi connectivity index (χ0v) is 6.46. The van der Waals surface area contributed by atoms with E-state index in [1.165, 1.54) is 5.56 Å². The minimum atomic E-state index is 0. The van der Waals surface area contributed by atoms with Gasteiger partial charge in [0.05, 0.1) is 0 Å². The molecular formula is C8H16S. The van der Waals surface area contributed by atoms with Gasteiger partial charge in [-0.2, -0.15) is 11.3 Å². The fraction of sp³-hybridized carbons (Fsp3) is 0.500. The lowest BCUT2D eigenvalue weighted by Gasteiger charge is -1.65. The molecule has 0 saturated heterocycles. The van der Waals surface area contributed by atoms with E-state index in [9.17, 15) is 0 Å². The third kappa shape index (κ3) is 5.57. The fourth-order valence-corrected chi connectivity index (χ4v) is 0.998. The lowest BCUT2D eigenvalue weighted by atomic mass is 10.4. The summed E-state index contributed by atoms with van der Waals surface area (Å²) in [6.07, 6.45) is 0. The Morgan fingerprint density at radius 1 is 1.33 bits per heavy atom. The van der Waals surface area contributed by atoms with Crippen molar-refractivity contribution in [3.8, 4) is 0 Å². The Kier molecular flexibility index (Phi) is 9.83. The van der Waals surface area contributed by atoms with Gasteiger partial charge in [-0.25, -0.2) is 0 Å². The number of hydrogen-bond acceptors (Lipinski definition) is 1. The number of thiophene rings is 1. The topological polar surface area (TPSA) is 0 Å². The van der Waals surface area contributed by atoms with Crippen LogP contribution in [-0.4, -0.2) is 0 Å². The number of rotatable bonds is 0. The maximum atomic E-state index is 2.12. The monoisotopic (exact) mass is 144 g/mol. The average Bonchev–Trinajstić information content (AvgIpc) is 2.24. The molecular weight excluding hydrogens is 128 g/mol. The standard InChI is InChI=1S/C5H6S.C2H6.CH4/c1-5-2-3-6-4-5;1-2;/h2-4H,1H3;1-2H3;1H4. The lowest BCUT2D eigenvalue weighted by Crippen LogP contribution is -1.47. The van der Waals surface area contributed by atoms with Gasteiger partial charge in [-0.05, 0) is 29.3 Å². The molecule has 0 aromatic carbocycles. The van der Waals surface area contributed by atoms with Gasteiger partial charge >= 0.3 is 0 Å². The predicted octanol–water partition coefficient (Wildman–Crippen LogP) is 3.72. The molecule has 0 amide bonds. The van der Waals surface area contributed by atoms with Crippen LogP contribution in [0.2, 0.25) is 0 Å². The Labute approximate surface area is 62.5 Å². The summed E-state index contributed by atoms with van der Waals surface area (Å²) in [5, 5.41) is 4.20. The minimum Gasteiger partial charge on any atom is -0.152 e. The van der Waals surface area contributed by atoms with Crippen molar-refractivity contribution in [2.75, 3.05) is 0 Å². The van der Waals surface area contributed by atoms with E-state index in [1.807, 2.05) is 13.8 Å². The molecule has 1 heteroatoms. The van der Waals surface area contributed by atoms with Gasteiger partial charge in [0, 0.05) is 0 Å². The molecule has 0 aliphatic carbocycles. The third-order valence-corrected chi connectivity index (χ3v) is 1.46. The molecule has 0 bridgehead atoms. The van der Waals surface area contributed by atoms with Gasteiger partial charge in [-0.1, -0.05) is 21.3 Å². The molecule has 1 aromatic heterocycles. The summed E-state index contributed by atoms with van der Waals surface area (Å²) in [5.74, 6) is 0. The molecule has 0 nitrogen and oxygen atoms in total. The van der Waals surface area contributed by atoms with Gasteiger partial charge < -0.3 is 0 Å². The first-order chi connectivity index (χ1) is 3.89. The molecule has 0 N–H and O–H groups in total. The van der Waals surface area contributed by atoms with Gasteiger partial charge in [-0.3, -0.25) is 0 Å². The van der Waals surface area contributed by atoms with Crippen LogP contribution in [0.5, 0.6) is 0 Å². The molecule has 0 spiro atoms. The highest BCUT2D eigenvalue weighted by Crippen LogP contribution is 2.01. The smallest absolute Gasteiger partial charge is 0.00641 e. The summed E-state index contributed by atoms with van der Waals surface area (Å²) in [7, 11) is 0. The van der Waals surface area contributed by atoms with Crippen LogP contribution in [0.25, 0.3) is 0 Å². The first-order valence-corrected chi connectivity index (χ1v) is 3.82. The molecule has 1 rings (SSSR count). The molecule has 0 fully saturated rings. The van der Waals surface area contributed by atoms with Gasteiger partial charge in [0.2, 0.25) is 0 Å². The summed E-state index contributed by atoms with van der Waals surface area (Å²) >= 11 is 1.74. The molecule has 9 heavy (non-hydrogen) atoms. The zero-order chi connectivity index (χ0) is 6.41. The van der Waals surface area contributed by atoms with Crippen molar-refractivity contribution in [1.82, 2.24) is 0 Å². The molecule has 0 aliphatic heterocycles. The van der Waals surface area contributed by atoms with Crippen molar-refractivity contribution >= 4 is 11.3 Å². The van der Waals surface area contributed by atoms with Crippen LogP contribution >= 0.6 is 11.3 Å². The Balaban J connectivity index is 0. The molecule has 0 atom stereocenters. The van der Waals surface area contributed by atoms with Crippen LogP contribution in [0.3, 0.4) is 0 Å². The van der Waals surface area contributed by atoms with E-state index in [0.717, 1.165) is 0 Å². The van der Waals surface area contributed by atoms with Gasteiger partial charge in [0.1, 0.15) is 0 Å². The van der Waals surface area contributed by atoms with Crippen molar-refractivity contribution in [1.29, 1.82) is 0 Å². The quantitative estimate of drug-likeness (QED) is 0.520. The van der Waals surface area contributed by atoms with E-state index in [0.29, 0.717) is 0 Å². The van der Waals surface area contributed by atoms with Gasteiger partial charge in [0.25, 0.3) is 0 Å². The largest absolute Gasteiger partial charge is 0.152 e. The maximum Gasteiger partial charge on any atom is -0.00641 e. The molecule has 0 radical (unpaired) electrons. The van der Waals surface area contributed by atoms with Crippen molar-refractivity contribution < 1.29 is 0 Å². The van der Waals surface area contributed by atoms with E-state index in [-0.39, 0.29) is 7.43 Å². The minimum absolute atomic E-state index is 0. The zero-order valence-electron chi connectivity index (χ0n) is 5.64. The van der Waals surface area contributed by atoms with E-state index in [2.05, 4.69) is 23.8 Å². The van der Waals surface area contributed by atoms with Gasteiger partial charge in [0.15, 0.2) is 0 Å². The van der Waals surface area contributed by atoms with Crippen molar-refractivity contribution in [3.63, 3.8) is 0 Å². The van der Waals surface area contributed by atoms with Crippen LogP contribution < -0.4 is 0 Å². The van der Waals surface area contributed by atoms with E-state index in [1.54, 1.807) is 11.3 Å². The Morgan fingerprint density at radius 2 is 1.89 bits per heavy atom. The van der Waals surface area contributed by atoms with Crippen molar-refractivity contribution in [3.05, 3.63) is 22.4 Å². The van der Waals surface area contributed by atoms with E-state index < -0.39 is 0 Å². The normalized spacial score (nSPS) is 6.56. The van der Waals surface area contributed by atoms with Crippen molar-refractivity contribution in [2.45, 2.75) is 28.2 Å². The molecule has 0 saturated carbocycles. The van der Waals surface area contributed by atoms with E-state index >= 15 is 0 Å². The second-order valence-electron chi connectivity index (χ2n) is 1.30. The molecule has 0 unspecified atom stereocenters. The third-order valence-electron chi connectivity index (χ3n) is 0.663. The second-order valence-corrected chi connectivity index (χ2v) is 2.08. The van der Waals surface area contributed by atoms with Crippen LogP contribution in [-0.2, 0) is 0 Å². The number of aryl methyl sites for hydroxylation is 1. The summed E-state index contributed by atoms with van der Waals surface area (Å²) in [4.78, 5) is 0. The van der Waals surface area contributed by atoms with Crippen LogP contribution in [0, 0.1) is 6.92 Å². The summed E-state index contributed by atoms with van der Waals surface area (Å²) in [6, 6.07) is 2.10. The number of hydrogen-bond donors (Lipinski definition) is 0. The second kappa shape index (κ2) is 7.70. The summed E-state index contributed by atoms with van der Waals surface area (Å²) in [6.45, 7) is 6.09. The van der Waals surface area contributed by atoms with Crippen molar-refractivity contribution in [2.24, 2.45) is 0 Å². The first kappa shape index (κ1) is 11.5. The highest BCUT2D eigenvalue weighted by Gasteiger charge is 1.74. The lowest BCUT2D eigenvalue weighted by molar-refractivity contribution is 1.50. The highest BCUT2D eigenvalue weighted by atomic mass is 32.1. The van der Waals surface area contributed by atoms with Crippen LogP contribution in [0.4, 0.5) is 0 Å². The highest BCUT2D eigenvalue weighted by molar-refractivity contribution is 7.07. The molecule has 0 aliphatic rings. The molecule has 1 heterocycles. The fourth-order valence-electron chi connectivity index (χ4n) is 0.333. The molecule has 54 valence electrons. The molecule has 1 aromatic rings. The first-order valence-electron chi connectivity index (χ1n) is 2.88. The van der Waals surface area contributed by atoms with Gasteiger partial charge in [-0.15, -0.1) is 0 Å². The summed E-state index contributed by atoms with van der Waals surface area (Å²) in [5.41, 5.74) is 1.36.